The van der Waals surface area contributed by atoms with E-state index in [0.29, 0.717) is 24.4 Å². The van der Waals surface area contributed by atoms with Crippen molar-refractivity contribution in [2.45, 2.75) is 83.3 Å². The second kappa shape index (κ2) is 9.72. The average molecular weight is 497 g/mol. The van der Waals surface area contributed by atoms with Crippen LogP contribution in [0.25, 0.3) is 0 Å². The molecule has 0 heterocycles. The molecule has 4 saturated carbocycles. The number of fused-ring (bicyclic) bond motifs is 5. The molecule has 5 rings (SSSR count). The number of hydrogen-bond acceptors (Lipinski definition) is 4. The zero-order chi connectivity index (χ0) is 25.7. The normalized spacial score (nSPS) is 40.3. The van der Waals surface area contributed by atoms with Gasteiger partial charge in [-0.25, -0.2) is 4.39 Å². The van der Waals surface area contributed by atoms with Crippen LogP contribution in [0.3, 0.4) is 0 Å². The van der Waals surface area contributed by atoms with E-state index in [9.17, 15) is 14.3 Å². The fraction of sp³-hybridized carbons (Fsp3) is 0.733. The Morgan fingerprint density at radius 3 is 2.69 bits per heavy atom. The van der Waals surface area contributed by atoms with Crippen molar-refractivity contribution in [3.63, 3.8) is 0 Å². The Morgan fingerprint density at radius 1 is 1.19 bits per heavy atom. The van der Waals surface area contributed by atoms with Gasteiger partial charge in [0.2, 0.25) is 0 Å². The fourth-order valence-electron chi connectivity index (χ4n) is 9.38. The zero-order valence-electron chi connectivity index (χ0n) is 21.9. The first kappa shape index (κ1) is 25.7. The molecule has 5 nitrogen and oxygen atoms in total. The molecule has 2 N–H and O–H groups in total. The van der Waals surface area contributed by atoms with E-state index in [2.05, 4.69) is 19.2 Å². The number of ether oxygens (including phenoxy) is 1. The van der Waals surface area contributed by atoms with Gasteiger partial charge in [0, 0.05) is 13.2 Å². The summed E-state index contributed by atoms with van der Waals surface area (Å²) in [5.41, 5.74) is -0.230. The Morgan fingerprint density at radius 2 is 1.97 bits per heavy atom. The summed E-state index contributed by atoms with van der Waals surface area (Å²) in [5, 5.41) is 23.1. The standard InChI is InChI=1S/C30H41FN2O3/c1-18(33-28(34)24-6-4-19(16-32)14-27(24)31)25-8-9-26-23-7-5-20-15-30(35,17-36-3)13-11-21(20)22(23)10-12-29(25,26)2/h4,6,14,18,20-23,25-26,35H,5,7-13,15,17H2,1-3H3,(H,33,34)/t18-,20-,21+,22-,23-,25-,26+,29-,30-/m1/s1. The molecule has 0 unspecified atom stereocenters. The molecular weight excluding hydrogens is 455 g/mol. The number of methoxy groups -OCH3 is 1. The first-order valence-corrected chi connectivity index (χ1v) is 13.9. The van der Waals surface area contributed by atoms with Gasteiger partial charge in [-0.1, -0.05) is 6.92 Å². The van der Waals surface area contributed by atoms with Crippen LogP contribution in [-0.2, 0) is 4.74 Å². The number of nitrogens with zero attached hydrogens (tertiary/aromatic N) is 1. The summed E-state index contributed by atoms with van der Waals surface area (Å²) in [7, 11) is 1.68. The number of nitriles is 1. The molecule has 4 aliphatic rings. The molecule has 1 amide bonds. The average Bonchev–Trinajstić information content (AvgIpc) is 3.20. The summed E-state index contributed by atoms with van der Waals surface area (Å²) >= 11 is 0. The van der Waals surface area contributed by atoms with Crippen LogP contribution >= 0.6 is 0 Å². The monoisotopic (exact) mass is 496 g/mol. The highest BCUT2D eigenvalue weighted by Gasteiger charge is 2.58. The summed E-state index contributed by atoms with van der Waals surface area (Å²) in [6.45, 7) is 4.97. The van der Waals surface area contributed by atoms with Gasteiger partial charge in [0.1, 0.15) is 5.82 Å². The van der Waals surface area contributed by atoms with E-state index in [1.54, 1.807) is 7.11 Å². The predicted molar refractivity (Wildman–Crippen MR) is 135 cm³/mol. The van der Waals surface area contributed by atoms with Crippen LogP contribution < -0.4 is 5.32 Å². The van der Waals surface area contributed by atoms with E-state index in [1.807, 2.05) is 6.07 Å². The molecule has 0 aromatic heterocycles. The van der Waals surface area contributed by atoms with Gasteiger partial charge in [0.05, 0.1) is 29.4 Å². The minimum atomic E-state index is -0.646. The van der Waals surface area contributed by atoms with Gasteiger partial charge >= 0.3 is 0 Å². The van der Waals surface area contributed by atoms with Crippen LogP contribution in [0.4, 0.5) is 4.39 Å². The molecule has 0 saturated heterocycles. The minimum Gasteiger partial charge on any atom is -0.387 e. The largest absolute Gasteiger partial charge is 0.387 e. The SMILES string of the molecule is COC[C@@]1(O)CC[C@H]2[C@H](CC[C@@H]3[C@@H]2CC[C@]2(C)[C@@H]([C@@H](C)NC(=O)c4ccc(C#N)cc4F)CC[C@@H]32)C1. The molecule has 0 bridgehead atoms. The maximum Gasteiger partial charge on any atom is 0.254 e. The Hall–Kier alpha value is -1.97. The van der Waals surface area contributed by atoms with Crippen molar-refractivity contribution in [3.05, 3.63) is 35.1 Å². The maximum absolute atomic E-state index is 14.4. The smallest absolute Gasteiger partial charge is 0.254 e. The topological polar surface area (TPSA) is 82.3 Å². The summed E-state index contributed by atoms with van der Waals surface area (Å²) in [6.07, 6.45) is 10.0. The van der Waals surface area contributed by atoms with E-state index >= 15 is 0 Å². The molecule has 4 aliphatic carbocycles. The van der Waals surface area contributed by atoms with E-state index < -0.39 is 17.3 Å². The molecule has 0 spiro atoms. The van der Waals surface area contributed by atoms with Crippen LogP contribution in [0.2, 0.25) is 0 Å². The Balaban J connectivity index is 1.26. The van der Waals surface area contributed by atoms with Crippen LogP contribution in [-0.4, -0.2) is 36.4 Å². The maximum atomic E-state index is 14.4. The highest BCUT2D eigenvalue weighted by molar-refractivity contribution is 5.94. The van der Waals surface area contributed by atoms with Crippen LogP contribution in [0.15, 0.2) is 18.2 Å². The summed E-state index contributed by atoms with van der Waals surface area (Å²) in [5.74, 6) is 2.85. The van der Waals surface area contributed by atoms with Crippen molar-refractivity contribution in [1.29, 1.82) is 5.26 Å². The lowest BCUT2D eigenvalue weighted by molar-refractivity contribution is -0.125. The second-order valence-electron chi connectivity index (χ2n) is 12.6. The second-order valence-corrected chi connectivity index (χ2v) is 12.6. The number of benzene rings is 1. The molecule has 1 aromatic rings. The van der Waals surface area contributed by atoms with Crippen molar-refractivity contribution in [2.24, 2.45) is 40.9 Å². The van der Waals surface area contributed by atoms with Gasteiger partial charge in [-0.3, -0.25) is 4.79 Å². The number of aliphatic hydroxyl groups is 1. The van der Waals surface area contributed by atoms with Gasteiger partial charge in [-0.05, 0) is 124 Å². The minimum absolute atomic E-state index is 0.00770. The van der Waals surface area contributed by atoms with Crippen molar-refractivity contribution >= 4 is 5.91 Å². The van der Waals surface area contributed by atoms with Crippen LogP contribution in [0, 0.1) is 58.1 Å². The van der Waals surface area contributed by atoms with Crippen molar-refractivity contribution in [3.8, 4) is 6.07 Å². The first-order chi connectivity index (χ1) is 17.2. The lowest BCUT2D eigenvalue weighted by Crippen LogP contribution is -2.53. The quantitative estimate of drug-likeness (QED) is 0.567. The van der Waals surface area contributed by atoms with E-state index in [1.165, 1.54) is 44.2 Å². The molecule has 9 atom stereocenters. The number of hydrogen-bond donors (Lipinski definition) is 2. The molecule has 0 aliphatic heterocycles. The van der Waals surface area contributed by atoms with Gasteiger partial charge in [0.25, 0.3) is 5.91 Å². The molecule has 4 fully saturated rings. The lowest BCUT2D eigenvalue weighted by atomic mass is 9.48. The summed E-state index contributed by atoms with van der Waals surface area (Å²) in [6, 6.07) is 5.92. The third kappa shape index (κ3) is 4.37. The Labute approximate surface area is 214 Å². The summed E-state index contributed by atoms with van der Waals surface area (Å²) < 4.78 is 19.8. The van der Waals surface area contributed by atoms with Crippen molar-refractivity contribution in [1.82, 2.24) is 5.32 Å². The molecule has 6 heteroatoms. The van der Waals surface area contributed by atoms with E-state index in [0.717, 1.165) is 49.5 Å². The molecule has 36 heavy (non-hydrogen) atoms. The number of rotatable bonds is 5. The van der Waals surface area contributed by atoms with Crippen molar-refractivity contribution < 1.29 is 19.0 Å². The number of carbonyl (C=O) groups excluding carboxylic acids is 1. The Kier molecular flexibility index (Phi) is 6.93. The Bertz CT molecular complexity index is 1040. The summed E-state index contributed by atoms with van der Waals surface area (Å²) in [4.78, 5) is 12.9. The van der Waals surface area contributed by atoms with Gasteiger partial charge in [-0.15, -0.1) is 0 Å². The molecule has 0 radical (unpaired) electrons. The molecule has 196 valence electrons. The van der Waals surface area contributed by atoms with Crippen LogP contribution in [0.1, 0.15) is 87.6 Å². The number of carbonyl (C=O) groups is 1. The van der Waals surface area contributed by atoms with Crippen LogP contribution in [0.5, 0.6) is 0 Å². The van der Waals surface area contributed by atoms with E-state index in [4.69, 9.17) is 10.00 Å². The highest BCUT2D eigenvalue weighted by atomic mass is 19.1. The zero-order valence-corrected chi connectivity index (χ0v) is 21.9. The number of amides is 1. The highest BCUT2D eigenvalue weighted by Crippen LogP contribution is 2.65. The molecular formula is C30H41FN2O3. The molecule has 1 aromatic carbocycles. The third-order valence-corrected chi connectivity index (χ3v) is 10.9. The predicted octanol–water partition coefficient (Wildman–Crippen LogP) is 5.46. The van der Waals surface area contributed by atoms with E-state index in [-0.39, 0.29) is 22.6 Å². The van der Waals surface area contributed by atoms with Gasteiger partial charge in [-0.2, -0.15) is 5.26 Å². The lowest BCUT2D eigenvalue weighted by Gasteiger charge is -2.57. The first-order valence-electron chi connectivity index (χ1n) is 13.9. The van der Waals surface area contributed by atoms with Gasteiger partial charge < -0.3 is 15.2 Å². The van der Waals surface area contributed by atoms with Gasteiger partial charge in [0.15, 0.2) is 0 Å². The number of nitrogens with one attached hydrogen (secondary N) is 1. The third-order valence-electron chi connectivity index (χ3n) is 10.9. The van der Waals surface area contributed by atoms with Crippen molar-refractivity contribution in [2.75, 3.05) is 13.7 Å². The fourth-order valence-corrected chi connectivity index (χ4v) is 9.38. The number of halogens is 1.